The van der Waals surface area contributed by atoms with Crippen LogP contribution in [0.25, 0.3) is 0 Å². The van der Waals surface area contributed by atoms with E-state index in [1.165, 1.54) is 24.3 Å². The maximum atomic E-state index is 12.8. The van der Waals surface area contributed by atoms with Gasteiger partial charge in [-0.15, -0.1) is 0 Å². The number of carbonyl (C=O) groups excluding carboxylic acids is 1. The summed E-state index contributed by atoms with van der Waals surface area (Å²) in [5.41, 5.74) is 0. The van der Waals surface area contributed by atoms with Gasteiger partial charge in [-0.05, 0) is 48.7 Å². The topological polar surface area (TPSA) is 71.7 Å². The summed E-state index contributed by atoms with van der Waals surface area (Å²) >= 11 is 0. The minimum atomic E-state index is -0.332. The molecule has 130 valence electrons. The minimum Gasteiger partial charge on any atom is -0.486 e. The van der Waals surface area contributed by atoms with Crippen LogP contribution in [0.5, 0.6) is 5.75 Å². The molecule has 5 nitrogen and oxygen atoms in total. The van der Waals surface area contributed by atoms with Gasteiger partial charge in [0, 0.05) is 12.6 Å². The Labute approximate surface area is 140 Å². The molecule has 0 aliphatic carbocycles. The Morgan fingerprint density at radius 2 is 1.96 bits per heavy atom. The maximum Gasteiger partial charge on any atom is 0.287 e. The standard InChI is InChI=1S/C18H22FNO4/c1-12(2)16(9-10-21)20-18(22)17-8-7-15(24-17)11-23-14-5-3-13(19)4-6-14/h3-8,12,16,21H,9-11H2,1-2H3,(H,20,22). The number of carbonyl (C=O) groups is 1. The molecule has 0 bridgehead atoms. The largest absolute Gasteiger partial charge is 0.486 e. The van der Waals surface area contributed by atoms with Crippen molar-refractivity contribution in [3.05, 3.63) is 53.7 Å². The van der Waals surface area contributed by atoms with Gasteiger partial charge in [-0.2, -0.15) is 0 Å². The number of hydrogen-bond acceptors (Lipinski definition) is 4. The lowest BCUT2D eigenvalue weighted by Crippen LogP contribution is -2.39. The van der Waals surface area contributed by atoms with E-state index in [0.29, 0.717) is 17.9 Å². The second-order valence-corrected chi connectivity index (χ2v) is 5.84. The average molecular weight is 335 g/mol. The Morgan fingerprint density at radius 1 is 1.25 bits per heavy atom. The molecule has 1 amide bonds. The quantitative estimate of drug-likeness (QED) is 0.777. The highest BCUT2D eigenvalue weighted by atomic mass is 19.1. The number of rotatable bonds is 8. The van der Waals surface area contributed by atoms with Gasteiger partial charge in [0.1, 0.15) is 23.9 Å². The summed E-state index contributed by atoms with van der Waals surface area (Å²) in [4.78, 5) is 12.2. The zero-order valence-corrected chi connectivity index (χ0v) is 13.8. The normalized spacial score (nSPS) is 12.2. The molecule has 1 unspecified atom stereocenters. The average Bonchev–Trinajstić information content (AvgIpc) is 3.03. The van der Waals surface area contributed by atoms with E-state index < -0.39 is 0 Å². The van der Waals surface area contributed by atoms with E-state index in [0.717, 1.165) is 0 Å². The van der Waals surface area contributed by atoms with E-state index in [1.54, 1.807) is 12.1 Å². The van der Waals surface area contributed by atoms with Crippen LogP contribution in [0.3, 0.4) is 0 Å². The Bertz CT molecular complexity index is 651. The predicted molar refractivity (Wildman–Crippen MR) is 87.2 cm³/mol. The molecule has 0 saturated carbocycles. The van der Waals surface area contributed by atoms with E-state index in [9.17, 15) is 9.18 Å². The first-order chi connectivity index (χ1) is 11.5. The summed E-state index contributed by atoms with van der Waals surface area (Å²) in [7, 11) is 0. The van der Waals surface area contributed by atoms with Crippen LogP contribution in [-0.4, -0.2) is 23.7 Å². The van der Waals surface area contributed by atoms with Crippen molar-refractivity contribution in [3.63, 3.8) is 0 Å². The van der Waals surface area contributed by atoms with Gasteiger partial charge in [-0.3, -0.25) is 4.79 Å². The fourth-order valence-electron chi connectivity index (χ4n) is 2.21. The zero-order chi connectivity index (χ0) is 17.5. The van der Waals surface area contributed by atoms with E-state index in [1.807, 2.05) is 13.8 Å². The molecule has 0 spiro atoms. The second-order valence-electron chi connectivity index (χ2n) is 5.84. The van der Waals surface area contributed by atoms with E-state index >= 15 is 0 Å². The number of furan rings is 1. The molecular weight excluding hydrogens is 313 g/mol. The summed E-state index contributed by atoms with van der Waals surface area (Å²) in [6.07, 6.45) is 0.491. The summed E-state index contributed by atoms with van der Waals surface area (Å²) in [5, 5.41) is 11.9. The number of aliphatic hydroxyl groups is 1. The number of benzene rings is 1. The summed E-state index contributed by atoms with van der Waals surface area (Å²) in [6.45, 7) is 4.11. The van der Waals surface area contributed by atoms with Crippen molar-refractivity contribution in [2.24, 2.45) is 5.92 Å². The van der Waals surface area contributed by atoms with Crippen LogP contribution in [0.4, 0.5) is 4.39 Å². The number of hydrogen-bond donors (Lipinski definition) is 2. The summed E-state index contributed by atoms with van der Waals surface area (Å²) in [5.74, 6) is 0.750. The number of amides is 1. The van der Waals surface area contributed by atoms with Crippen LogP contribution >= 0.6 is 0 Å². The molecular formula is C18H22FNO4. The minimum absolute atomic E-state index is 0.0119. The third-order valence-electron chi connectivity index (χ3n) is 3.64. The van der Waals surface area contributed by atoms with Crippen LogP contribution in [-0.2, 0) is 6.61 Å². The Kier molecular flexibility index (Phi) is 6.37. The van der Waals surface area contributed by atoms with Gasteiger partial charge in [0.15, 0.2) is 5.76 Å². The Hall–Kier alpha value is -2.34. The lowest BCUT2D eigenvalue weighted by atomic mass is 10.0. The Balaban J connectivity index is 1.91. The van der Waals surface area contributed by atoms with Crippen LogP contribution in [0, 0.1) is 11.7 Å². The maximum absolute atomic E-state index is 12.8. The van der Waals surface area contributed by atoms with Crippen LogP contribution in [0.1, 0.15) is 36.6 Å². The molecule has 1 heterocycles. The highest BCUT2D eigenvalue weighted by Gasteiger charge is 2.19. The zero-order valence-electron chi connectivity index (χ0n) is 13.8. The lowest BCUT2D eigenvalue weighted by molar-refractivity contribution is 0.0884. The molecule has 6 heteroatoms. The number of aliphatic hydroxyl groups excluding tert-OH is 1. The molecule has 0 saturated heterocycles. The molecule has 1 aromatic heterocycles. The first kappa shape index (κ1) is 18.0. The van der Waals surface area contributed by atoms with E-state index in [2.05, 4.69) is 5.32 Å². The fraction of sp³-hybridized carbons (Fsp3) is 0.389. The monoisotopic (exact) mass is 335 g/mol. The molecule has 0 aliphatic rings. The van der Waals surface area contributed by atoms with Crippen molar-refractivity contribution < 1.29 is 23.4 Å². The van der Waals surface area contributed by atoms with Gasteiger partial charge < -0.3 is 19.6 Å². The number of ether oxygens (including phenoxy) is 1. The predicted octanol–water partition coefficient (Wildman–Crippen LogP) is 3.13. The summed E-state index contributed by atoms with van der Waals surface area (Å²) in [6, 6.07) is 8.78. The van der Waals surface area contributed by atoms with Crippen LogP contribution in [0.15, 0.2) is 40.8 Å². The van der Waals surface area contributed by atoms with Crippen molar-refractivity contribution in [1.82, 2.24) is 5.32 Å². The molecule has 24 heavy (non-hydrogen) atoms. The van der Waals surface area contributed by atoms with E-state index in [-0.39, 0.29) is 42.7 Å². The van der Waals surface area contributed by atoms with Gasteiger partial charge >= 0.3 is 0 Å². The first-order valence-corrected chi connectivity index (χ1v) is 7.88. The van der Waals surface area contributed by atoms with Gasteiger partial charge in [-0.25, -0.2) is 4.39 Å². The van der Waals surface area contributed by atoms with Crippen molar-refractivity contribution >= 4 is 5.91 Å². The number of nitrogens with one attached hydrogen (secondary N) is 1. The molecule has 1 aromatic carbocycles. The first-order valence-electron chi connectivity index (χ1n) is 7.88. The third kappa shape index (κ3) is 5.09. The van der Waals surface area contributed by atoms with Gasteiger partial charge in [0.25, 0.3) is 5.91 Å². The second kappa shape index (κ2) is 8.49. The molecule has 2 N–H and O–H groups in total. The van der Waals surface area contributed by atoms with Crippen molar-refractivity contribution in [3.8, 4) is 5.75 Å². The van der Waals surface area contributed by atoms with Gasteiger partial charge in [0.05, 0.1) is 0 Å². The fourth-order valence-corrected chi connectivity index (χ4v) is 2.21. The smallest absolute Gasteiger partial charge is 0.287 e. The van der Waals surface area contributed by atoms with Crippen molar-refractivity contribution in [1.29, 1.82) is 0 Å². The molecule has 0 radical (unpaired) electrons. The van der Waals surface area contributed by atoms with E-state index in [4.69, 9.17) is 14.3 Å². The molecule has 2 aromatic rings. The summed E-state index contributed by atoms with van der Waals surface area (Å²) < 4.78 is 23.8. The molecule has 2 rings (SSSR count). The van der Waals surface area contributed by atoms with Crippen molar-refractivity contribution in [2.75, 3.05) is 6.61 Å². The molecule has 1 atom stereocenters. The van der Waals surface area contributed by atoms with Gasteiger partial charge in [-0.1, -0.05) is 13.8 Å². The molecule has 0 aliphatic heterocycles. The van der Waals surface area contributed by atoms with Gasteiger partial charge in [0.2, 0.25) is 0 Å². The van der Waals surface area contributed by atoms with Crippen LogP contribution < -0.4 is 10.1 Å². The lowest BCUT2D eigenvalue weighted by Gasteiger charge is -2.20. The SMILES string of the molecule is CC(C)C(CCO)NC(=O)c1ccc(COc2ccc(F)cc2)o1. The number of halogens is 1. The highest BCUT2D eigenvalue weighted by molar-refractivity contribution is 5.91. The van der Waals surface area contributed by atoms with Crippen molar-refractivity contribution in [2.45, 2.75) is 32.9 Å². The molecule has 0 fully saturated rings. The Morgan fingerprint density at radius 3 is 2.58 bits per heavy atom. The third-order valence-corrected chi connectivity index (χ3v) is 3.64. The van der Waals surface area contributed by atoms with Crippen LogP contribution in [0.2, 0.25) is 0 Å². The highest BCUT2D eigenvalue weighted by Crippen LogP contribution is 2.16.